The number of anilines is 1. The van der Waals surface area contributed by atoms with E-state index in [2.05, 4.69) is 57.4 Å². The van der Waals surface area contributed by atoms with Gasteiger partial charge < -0.3 is 4.90 Å². The quantitative estimate of drug-likeness (QED) is 0.424. The first-order valence-corrected chi connectivity index (χ1v) is 13.9. The zero-order valence-electron chi connectivity index (χ0n) is 17.5. The maximum absolute atomic E-state index is 13.0. The maximum Gasteiger partial charge on any atom is 0.243 e. The third-order valence-electron chi connectivity index (χ3n) is 5.58. The van der Waals surface area contributed by atoms with Crippen LogP contribution in [0.5, 0.6) is 0 Å². The first-order valence-electron chi connectivity index (χ1n) is 10.4. The summed E-state index contributed by atoms with van der Waals surface area (Å²) in [5.41, 5.74) is 4.72. The van der Waals surface area contributed by atoms with Crippen LogP contribution in [0.3, 0.4) is 0 Å². The van der Waals surface area contributed by atoms with Crippen molar-refractivity contribution in [1.82, 2.24) is 9.29 Å². The van der Waals surface area contributed by atoms with Gasteiger partial charge in [0.1, 0.15) is 0 Å². The molecule has 0 N–H and O–H groups in total. The van der Waals surface area contributed by atoms with Gasteiger partial charge in [0.15, 0.2) is 5.13 Å². The highest BCUT2D eigenvalue weighted by atomic mass is 79.9. The van der Waals surface area contributed by atoms with E-state index in [1.807, 2.05) is 12.1 Å². The summed E-state index contributed by atoms with van der Waals surface area (Å²) in [7, 11) is -3.46. The van der Waals surface area contributed by atoms with Gasteiger partial charge in [0, 0.05) is 43.3 Å². The van der Waals surface area contributed by atoms with Crippen LogP contribution in [0.15, 0.2) is 58.8 Å². The number of aromatic nitrogens is 1. The number of piperazine rings is 1. The average Bonchev–Trinajstić information content (AvgIpc) is 3.28. The minimum absolute atomic E-state index is 0.358. The fourth-order valence-electron chi connectivity index (χ4n) is 3.64. The van der Waals surface area contributed by atoms with Crippen LogP contribution >= 0.6 is 27.3 Å². The van der Waals surface area contributed by atoms with Gasteiger partial charge in [0.05, 0.1) is 10.6 Å². The average molecular weight is 521 g/mol. The Morgan fingerprint density at radius 2 is 1.55 bits per heavy atom. The van der Waals surface area contributed by atoms with Crippen molar-refractivity contribution in [2.45, 2.75) is 30.0 Å². The minimum atomic E-state index is -3.46. The third kappa shape index (κ3) is 5.19. The molecule has 8 heteroatoms. The molecule has 1 aliphatic rings. The topological polar surface area (TPSA) is 53.5 Å². The molecular weight excluding hydrogens is 494 g/mol. The van der Waals surface area contributed by atoms with Gasteiger partial charge in [0.25, 0.3) is 0 Å². The number of nitrogens with zero attached hydrogens (tertiary/aromatic N) is 3. The second-order valence-electron chi connectivity index (χ2n) is 7.64. The SMILES string of the molecule is CCc1ccc(Cc2csc(N3CCN(S(=O)(=O)c4ccc(CBr)cc4)CC3)n2)cc1. The number of rotatable bonds is 7. The van der Waals surface area contributed by atoms with Crippen molar-refractivity contribution in [1.29, 1.82) is 0 Å². The molecule has 2 aromatic carbocycles. The standard InChI is InChI=1S/C23H26BrN3O2S2/c1-2-18-3-5-19(6-4-18)15-21-17-30-23(25-21)26-11-13-27(14-12-26)31(28,29)22-9-7-20(16-24)8-10-22/h3-10,17H,2,11-16H2,1H3. The number of sulfonamides is 1. The van der Waals surface area contributed by atoms with Crippen LogP contribution in [0.2, 0.25) is 0 Å². The predicted octanol–water partition coefficient (Wildman–Crippen LogP) is 4.70. The van der Waals surface area contributed by atoms with Crippen LogP contribution in [-0.4, -0.2) is 43.9 Å². The summed E-state index contributed by atoms with van der Waals surface area (Å²) in [4.78, 5) is 7.35. The van der Waals surface area contributed by atoms with E-state index in [1.165, 1.54) is 11.1 Å². The van der Waals surface area contributed by atoms with Gasteiger partial charge in [-0.1, -0.05) is 59.3 Å². The molecule has 164 valence electrons. The Morgan fingerprint density at radius 1 is 0.935 bits per heavy atom. The van der Waals surface area contributed by atoms with Crippen molar-refractivity contribution in [3.05, 3.63) is 76.3 Å². The molecule has 0 atom stereocenters. The van der Waals surface area contributed by atoms with Crippen LogP contribution in [0, 0.1) is 0 Å². The molecule has 0 bridgehead atoms. The highest BCUT2D eigenvalue weighted by Gasteiger charge is 2.29. The number of hydrogen-bond donors (Lipinski definition) is 0. The Bertz CT molecular complexity index is 1100. The Labute approximate surface area is 196 Å². The molecule has 0 radical (unpaired) electrons. The fraction of sp³-hybridized carbons (Fsp3) is 0.348. The van der Waals surface area contributed by atoms with Crippen LogP contribution in [0.1, 0.15) is 29.3 Å². The van der Waals surface area contributed by atoms with Crippen molar-refractivity contribution in [3.8, 4) is 0 Å². The fourth-order valence-corrected chi connectivity index (χ4v) is 6.32. The van der Waals surface area contributed by atoms with E-state index in [1.54, 1.807) is 27.8 Å². The molecule has 2 heterocycles. The van der Waals surface area contributed by atoms with Gasteiger partial charge in [-0.15, -0.1) is 11.3 Å². The van der Waals surface area contributed by atoms with E-state index in [4.69, 9.17) is 4.98 Å². The molecule has 0 spiro atoms. The molecule has 1 aromatic heterocycles. The van der Waals surface area contributed by atoms with Crippen LogP contribution in [0.25, 0.3) is 0 Å². The summed E-state index contributed by atoms with van der Waals surface area (Å²) in [5.74, 6) is 0. The van der Waals surface area contributed by atoms with Gasteiger partial charge >= 0.3 is 0 Å². The van der Waals surface area contributed by atoms with Gasteiger partial charge in [-0.2, -0.15) is 4.31 Å². The Morgan fingerprint density at radius 3 is 2.16 bits per heavy atom. The molecular formula is C23H26BrN3O2S2. The first-order chi connectivity index (χ1) is 15.0. The maximum atomic E-state index is 13.0. The van der Waals surface area contributed by atoms with E-state index in [0.29, 0.717) is 36.4 Å². The monoisotopic (exact) mass is 519 g/mol. The van der Waals surface area contributed by atoms with Crippen LogP contribution in [-0.2, 0) is 28.2 Å². The zero-order chi connectivity index (χ0) is 21.8. The Hall–Kier alpha value is -1.74. The summed E-state index contributed by atoms with van der Waals surface area (Å²) < 4.78 is 27.5. The molecule has 0 saturated carbocycles. The second-order valence-corrected chi connectivity index (χ2v) is 11.0. The summed E-state index contributed by atoms with van der Waals surface area (Å²) in [6.45, 7) is 4.40. The smallest absolute Gasteiger partial charge is 0.243 e. The lowest BCUT2D eigenvalue weighted by Crippen LogP contribution is -2.48. The summed E-state index contributed by atoms with van der Waals surface area (Å²) in [6.07, 6.45) is 1.87. The molecule has 1 fully saturated rings. The van der Waals surface area contributed by atoms with Crippen molar-refractivity contribution in [2.24, 2.45) is 0 Å². The molecule has 1 saturated heterocycles. The van der Waals surface area contributed by atoms with E-state index in [0.717, 1.165) is 29.2 Å². The first kappa shape index (κ1) is 22.5. The number of alkyl halides is 1. The van der Waals surface area contributed by atoms with Gasteiger partial charge in [0.2, 0.25) is 10.0 Å². The lowest BCUT2D eigenvalue weighted by molar-refractivity contribution is 0.384. The van der Waals surface area contributed by atoms with Crippen molar-refractivity contribution in [2.75, 3.05) is 31.1 Å². The largest absolute Gasteiger partial charge is 0.345 e. The molecule has 1 aliphatic heterocycles. The zero-order valence-corrected chi connectivity index (χ0v) is 20.7. The van der Waals surface area contributed by atoms with Gasteiger partial charge in [-0.25, -0.2) is 13.4 Å². The van der Waals surface area contributed by atoms with Gasteiger partial charge in [-0.3, -0.25) is 0 Å². The normalized spacial score (nSPS) is 15.4. The van der Waals surface area contributed by atoms with E-state index < -0.39 is 10.0 Å². The number of hydrogen-bond acceptors (Lipinski definition) is 5. The van der Waals surface area contributed by atoms with Gasteiger partial charge in [-0.05, 0) is 35.2 Å². The van der Waals surface area contributed by atoms with E-state index in [-0.39, 0.29) is 0 Å². The number of aryl methyl sites for hydroxylation is 1. The summed E-state index contributed by atoms with van der Waals surface area (Å²) >= 11 is 5.03. The van der Waals surface area contributed by atoms with E-state index in [9.17, 15) is 8.42 Å². The highest BCUT2D eigenvalue weighted by molar-refractivity contribution is 9.08. The Balaban J connectivity index is 1.37. The molecule has 4 rings (SSSR count). The molecule has 0 aliphatic carbocycles. The number of benzene rings is 2. The molecule has 0 unspecified atom stereocenters. The number of halogens is 1. The number of thiazole rings is 1. The van der Waals surface area contributed by atoms with Crippen LogP contribution in [0.4, 0.5) is 5.13 Å². The highest BCUT2D eigenvalue weighted by Crippen LogP contribution is 2.25. The van der Waals surface area contributed by atoms with Crippen molar-refractivity contribution in [3.63, 3.8) is 0 Å². The molecule has 3 aromatic rings. The van der Waals surface area contributed by atoms with Crippen molar-refractivity contribution >= 4 is 42.4 Å². The second kappa shape index (κ2) is 9.81. The van der Waals surface area contributed by atoms with Crippen LogP contribution < -0.4 is 4.90 Å². The molecule has 5 nitrogen and oxygen atoms in total. The Kier molecular flexibility index (Phi) is 7.11. The predicted molar refractivity (Wildman–Crippen MR) is 131 cm³/mol. The molecule has 31 heavy (non-hydrogen) atoms. The van der Waals surface area contributed by atoms with Crippen molar-refractivity contribution < 1.29 is 8.42 Å². The summed E-state index contributed by atoms with van der Waals surface area (Å²) in [5, 5.41) is 3.79. The lowest BCUT2D eigenvalue weighted by Gasteiger charge is -2.33. The minimum Gasteiger partial charge on any atom is -0.345 e. The third-order valence-corrected chi connectivity index (χ3v) is 9.09. The molecule has 0 amide bonds. The lowest BCUT2D eigenvalue weighted by atomic mass is 10.1. The van der Waals surface area contributed by atoms with E-state index >= 15 is 0 Å². The summed E-state index contributed by atoms with van der Waals surface area (Å²) in [6, 6.07) is 15.8.